The van der Waals surface area contributed by atoms with Crippen molar-refractivity contribution in [1.29, 1.82) is 0 Å². The average Bonchev–Trinajstić information content (AvgIpc) is 2.61. The highest BCUT2D eigenvalue weighted by Crippen LogP contribution is 2.56. The Morgan fingerprint density at radius 3 is 2.46 bits per heavy atom. The maximum Gasteiger partial charge on any atom is 0.0781 e. The summed E-state index contributed by atoms with van der Waals surface area (Å²) in [5, 5.41) is 11.6. The molecule has 0 aromatic heterocycles. The molecule has 3 heteroatoms. The van der Waals surface area contributed by atoms with E-state index >= 15 is 0 Å². The molecule has 1 aliphatic rings. The van der Waals surface area contributed by atoms with Crippen molar-refractivity contribution in [1.82, 2.24) is 0 Å². The van der Waals surface area contributed by atoms with Crippen molar-refractivity contribution in [2.45, 2.75) is 81.5 Å². The summed E-state index contributed by atoms with van der Waals surface area (Å²) in [5.74, 6) is 1.19. The third-order valence-corrected chi connectivity index (χ3v) is 8.22. The summed E-state index contributed by atoms with van der Waals surface area (Å²) in [4.78, 5) is 1.32. The van der Waals surface area contributed by atoms with E-state index in [0.717, 1.165) is 37.9 Å². The number of thioether (sulfide) groups is 2. The molecule has 156 valence electrons. The first-order valence-corrected chi connectivity index (χ1v) is 12.7. The molecule has 0 heterocycles. The molecule has 0 bridgehead atoms. The molecule has 0 aliphatic heterocycles. The number of aliphatic hydroxyl groups is 1. The van der Waals surface area contributed by atoms with Crippen molar-refractivity contribution in [3.63, 3.8) is 0 Å². The van der Waals surface area contributed by atoms with Crippen LogP contribution >= 0.6 is 23.5 Å². The topological polar surface area (TPSA) is 20.2 Å². The van der Waals surface area contributed by atoms with Crippen LogP contribution in [0.25, 0.3) is 0 Å². The number of hydrogen-bond acceptors (Lipinski definition) is 3. The molecule has 1 fully saturated rings. The fourth-order valence-corrected chi connectivity index (χ4v) is 6.64. The molecule has 0 saturated heterocycles. The van der Waals surface area contributed by atoms with Gasteiger partial charge in [0, 0.05) is 21.3 Å². The van der Waals surface area contributed by atoms with Gasteiger partial charge in [-0.05, 0) is 84.6 Å². The SMILES string of the molecule is CSC[C@](O)(CC/C=C(\C)CCC=C(C)C)[C@H]1CC[C@]1(C)Sc1ccccc1. The van der Waals surface area contributed by atoms with Crippen molar-refractivity contribution >= 4 is 23.5 Å². The molecule has 0 radical (unpaired) electrons. The van der Waals surface area contributed by atoms with Gasteiger partial charge in [-0.3, -0.25) is 0 Å². The lowest BCUT2D eigenvalue weighted by Gasteiger charge is -2.54. The normalized spacial score (nSPS) is 24.4. The van der Waals surface area contributed by atoms with Crippen LogP contribution in [0.2, 0.25) is 0 Å². The summed E-state index contributed by atoms with van der Waals surface area (Å²) in [6.45, 7) is 8.89. The molecule has 1 N–H and O–H groups in total. The molecule has 0 amide bonds. The first-order valence-electron chi connectivity index (χ1n) is 10.5. The van der Waals surface area contributed by atoms with Crippen LogP contribution in [0.1, 0.15) is 66.2 Å². The zero-order chi connectivity index (χ0) is 20.6. The lowest BCUT2D eigenvalue weighted by molar-refractivity contribution is -0.0532. The smallest absolute Gasteiger partial charge is 0.0781 e. The molecular weight excluding hydrogens is 380 g/mol. The number of allylic oxidation sites excluding steroid dienone is 4. The Morgan fingerprint density at radius 2 is 1.89 bits per heavy atom. The van der Waals surface area contributed by atoms with E-state index in [1.807, 2.05) is 11.8 Å². The van der Waals surface area contributed by atoms with Gasteiger partial charge in [0.1, 0.15) is 0 Å². The molecule has 2 rings (SSSR count). The van der Waals surface area contributed by atoms with E-state index in [4.69, 9.17) is 0 Å². The highest BCUT2D eigenvalue weighted by Gasteiger charge is 2.53. The van der Waals surface area contributed by atoms with E-state index in [-0.39, 0.29) is 4.75 Å². The molecule has 1 aliphatic carbocycles. The Labute approximate surface area is 181 Å². The van der Waals surface area contributed by atoms with Crippen molar-refractivity contribution < 1.29 is 5.11 Å². The molecule has 0 spiro atoms. The second-order valence-electron chi connectivity index (χ2n) is 8.76. The zero-order valence-corrected chi connectivity index (χ0v) is 20.0. The lowest BCUT2D eigenvalue weighted by Crippen LogP contribution is -2.56. The maximum absolute atomic E-state index is 11.6. The summed E-state index contributed by atoms with van der Waals surface area (Å²) in [7, 11) is 0. The summed E-state index contributed by atoms with van der Waals surface area (Å²) >= 11 is 3.74. The van der Waals surface area contributed by atoms with Gasteiger partial charge in [0.05, 0.1) is 5.60 Å². The van der Waals surface area contributed by atoms with Crippen molar-refractivity contribution in [3.05, 3.63) is 53.6 Å². The fourth-order valence-electron chi connectivity index (χ4n) is 4.27. The lowest BCUT2D eigenvalue weighted by atomic mass is 9.64. The van der Waals surface area contributed by atoms with Crippen LogP contribution in [0.4, 0.5) is 0 Å². The second-order valence-corrected chi connectivity index (χ2v) is 11.2. The predicted molar refractivity (Wildman–Crippen MR) is 128 cm³/mol. The Morgan fingerprint density at radius 1 is 1.18 bits per heavy atom. The van der Waals surface area contributed by atoms with Gasteiger partial charge >= 0.3 is 0 Å². The molecule has 0 unspecified atom stereocenters. The van der Waals surface area contributed by atoms with Gasteiger partial charge in [0.25, 0.3) is 0 Å². The summed E-state index contributed by atoms with van der Waals surface area (Å²) in [5.41, 5.74) is 2.26. The maximum atomic E-state index is 11.6. The van der Waals surface area contributed by atoms with Crippen LogP contribution in [0.15, 0.2) is 58.5 Å². The highest BCUT2D eigenvalue weighted by molar-refractivity contribution is 8.00. The summed E-state index contributed by atoms with van der Waals surface area (Å²) in [6.07, 6.45) is 13.2. The van der Waals surface area contributed by atoms with Gasteiger partial charge < -0.3 is 5.11 Å². The third kappa shape index (κ3) is 6.71. The van der Waals surface area contributed by atoms with Gasteiger partial charge in [-0.15, -0.1) is 11.8 Å². The second kappa shape index (κ2) is 10.9. The largest absolute Gasteiger partial charge is 0.389 e. The quantitative estimate of drug-likeness (QED) is 0.375. The highest BCUT2D eigenvalue weighted by atomic mass is 32.2. The molecule has 1 aromatic rings. The van der Waals surface area contributed by atoms with Crippen LogP contribution in [0.3, 0.4) is 0 Å². The predicted octanol–water partition coefficient (Wildman–Crippen LogP) is 7.51. The summed E-state index contributed by atoms with van der Waals surface area (Å²) in [6, 6.07) is 10.7. The first-order chi connectivity index (χ1) is 13.3. The average molecular weight is 419 g/mol. The molecule has 3 atom stereocenters. The van der Waals surface area contributed by atoms with Crippen LogP contribution in [-0.2, 0) is 0 Å². The minimum absolute atomic E-state index is 0.133. The number of hydrogen-bond donors (Lipinski definition) is 1. The molecular formula is C25H38OS2. The molecule has 1 saturated carbocycles. The van der Waals surface area contributed by atoms with Gasteiger partial charge in [-0.25, -0.2) is 0 Å². The molecule has 1 aromatic carbocycles. The Hall–Kier alpha value is -0.640. The van der Waals surface area contributed by atoms with Gasteiger partial charge in [0.2, 0.25) is 0 Å². The van der Waals surface area contributed by atoms with Crippen LogP contribution in [-0.4, -0.2) is 27.5 Å². The Bertz CT molecular complexity index is 662. The number of benzene rings is 1. The zero-order valence-electron chi connectivity index (χ0n) is 18.3. The third-order valence-electron chi connectivity index (χ3n) is 5.96. The van der Waals surface area contributed by atoms with Gasteiger partial charge in [0.15, 0.2) is 0 Å². The van der Waals surface area contributed by atoms with Crippen LogP contribution in [0.5, 0.6) is 0 Å². The molecule has 1 nitrogen and oxygen atoms in total. The Balaban J connectivity index is 1.99. The minimum Gasteiger partial charge on any atom is -0.389 e. The number of rotatable bonds is 11. The van der Waals surface area contributed by atoms with E-state index in [0.29, 0.717) is 5.92 Å². The summed E-state index contributed by atoms with van der Waals surface area (Å²) < 4.78 is 0.133. The van der Waals surface area contributed by atoms with Crippen LogP contribution < -0.4 is 0 Å². The van der Waals surface area contributed by atoms with Crippen molar-refractivity contribution in [2.24, 2.45) is 5.92 Å². The van der Waals surface area contributed by atoms with Gasteiger partial charge in [-0.1, -0.05) is 41.5 Å². The van der Waals surface area contributed by atoms with E-state index in [1.54, 1.807) is 11.8 Å². The van der Waals surface area contributed by atoms with E-state index < -0.39 is 5.60 Å². The van der Waals surface area contributed by atoms with E-state index in [1.165, 1.54) is 22.5 Å². The molecule has 28 heavy (non-hydrogen) atoms. The van der Waals surface area contributed by atoms with Crippen LogP contribution in [0, 0.1) is 5.92 Å². The monoisotopic (exact) mass is 418 g/mol. The van der Waals surface area contributed by atoms with Crippen molar-refractivity contribution in [3.8, 4) is 0 Å². The van der Waals surface area contributed by atoms with E-state index in [9.17, 15) is 5.11 Å². The standard InChI is InChI=1S/C25H38OS2/c1-20(2)11-9-12-21(3)13-10-17-25(26,19-27-5)23-16-18-24(23,4)28-22-14-7-6-8-15-22/h6-8,11,13-15,23,26H,9-10,12,16-19H2,1-5H3/b21-13+/t23-,24-,25+/m0/s1. The van der Waals surface area contributed by atoms with Gasteiger partial charge in [-0.2, -0.15) is 11.8 Å². The minimum atomic E-state index is -0.578. The van der Waals surface area contributed by atoms with E-state index in [2.05, 4.69) is 76.4 Å². The fraction of sp³-hybridized carbons (Fsp3) is 0.600. The first kappa shape index (κ1) is 23.6. The Kier molecular flexibility index (Phi) is 9.24. The van der Waals surface area contributed by atoms with Crippen molar-refractivity contribution in [2.75, 3.05) is 12.0 Å².